The van der Waals surface area contributed by atoms with E-state index in [-0.39, 0.29) is 34.9 Å². The molecule has 0 fully saturated rings. The van der Waals surface area contributed by atoms with Crippen LogP contribution < -0.4 is 0 Å². The molecule has 0 amide bonds. The Morgan fingerprint density at radius 1 is 0.760 bits per heavy atom. The molecule has 2 rings (SSSR count). The summed E-state index contributed by atoms with van der Waals surface area (Å²) >= 11 is 0. The van der Waals surface area contributed by atoms with Gasteiger partial charge in [-0.25, -0.2) is 0 Å². The molecular weight excluding hydrogens is 375 g/mol. The normalized spacial score (nSPS) is 12.6. The molecule has 0 aliphatic carbocycles. The summed E-state index contributed by atoms with van der Waals surface area (Å²) in [6.07, 6.45) is -1.25. The van der Waals surface area contributed by atoms with E-state index in [1.165, 1.54) is 6.07 Å². The summed E-state index contributed by atoms with van der Waals surface area (Å²) < 4.78 is 60.3. The van der Waals surface area contributed by atoms with Gasteiger partial charge in [-0.3, -0.25) is 8.37 Å². The summed E-state index contributed by atoms with van der Waals surface area (Å²) in [6.45, 7) is 6.22. The molecule has 0 heterocycles. The summed E-state index contributed by atoms with van der Waals surface area (Å²) in [7, 11) is -8.55. The van der Waals surface area contributed by atoms with E-state index in [1.54, 1.807) is 58.0 Å². The number of hydrogen-bond donors (Lipinski definition) is 0. The first-order chi connectivity index (χ1) is 11.0. The van der Waals surface area contributed by atoms with Crippen LogP contribution in [-0.2, 0) is 28.6 Å². The minimum absolute atomic E-state index is 0. The van der Waals surface area contributed by atoms with Crippen molar-refractivity contribution >= 4 is 60.6 Å². The van der Waals surface area contributed by atoms with Gasteiger partial charge in [0.2, 0.25) is 0 Å². The van der Waals surface area contributed by atoms with Crippen LogP contribution >= 0.6 is 0 Å². The summed E-state index contributed by atoms with van der Waals surface area (Å²) in [6, 6.07) is 9.39. The van der Waals surface area contributed by atoms with Crippen LogP contribution in [0.3, 0.4) is 0 Å². The number of benzene rings is 2. The van der Waals surface area contributed by atoms with Crippen LogP contribution in [0.2, 0.25) is 0 Å². The maximum atomic E-state index is 12.7. The maximum Gasteiger partial charge on any atom is 0.299 e. The van der Waals surface area contributed by atoms with Crippen molar-refractivity contribution in [3.05, 3.63) is 36.4 Å². The zero-order valence-corrected chi connectivity index (χ0v) is 18.5. The van der Waals surface area contributed by atoms with Gasteiger partial charge in [0.1, 0.15) is 9.79 Å². The average Bonchev–Trinajstić information content (AvgIpc) is 2.43. The molecule has 133 valence electrons. The van der Waals surface area contributed by atoms with Crippen molar-refractivity contribution < 1.29 is 25.2 Å². The van der Waals surface area contributed by atoms with Crippen LogP contribution in [0.25, 0.3) is 10.8 Å². The molecule has 0 N–H and O–H groups in total. The Hall–Kier alpha value is -0.480. The summed E-state index contributed by atoms with van der Waals surface area (Å²) in [5, 5.41) is 0.860. The first kappa shape index (κ1) is 22.6. The van der Waals surface area contributed by atoms with Gasteiger partial charge in [-0.05, 0) is 39.1 Å². The first-order valence-corrected chi connectivity index (χ1v) is 10.2. The minimum atomic E-state index is -4.29. The molecule has 9 heteroatoms. The quantitative estimate of drug-likeness (QED) is 0.552. The summed E-state index contributed by atoms with van der Waals surface area (Å²) in [5.74, 6) is 0. The van der Waals surface area contributed by atoms with E-state index in [1.807, 2.05) is 0 Å². The molecule has 0 aliphatic rings. The molecule has 2 aromatic rings. The van der Waals surface area contributed by atoms with Gasteiger partial charge in [0, 0.05) is 34.9 Å². The van der Waals surface area contributed by atoms with Crippen LogP contribution in [0.15, 0.2) is 46.2 Å². The van der Waals surface area contributed by atoms with E-state index >= 15 is 0 Å². The second kappa shape index (κ2) is 8.47. The largest absolute Gasteiger partial charge is 0.299 e. The zero-order chi connectivity index (χ0) is 18.1. The van der Waals surface area contributed by atoms with Crippen molar-refractivity contribution in [3.8, 4) is 0 Å². The Balaban J connectivity index is 0.00000312. The monoisotopic (exact) mass is 395 g/mol. The van der Waals surface area contributed by atoms with Gasteiger partial charge in [-0.1, -0.05) is 30.3 Å². The van der Waals surface area contributed by atoms with Gasteiger partial charge >= 0.3 is 0 Å². The van der Waals surface area contributed by atoms with Gasteiger partial charge in [0.15, 0.2) is 0 Å². The van der Waals surface area contributed by atoms with Crippen molar-refractivity contribution in [2.75, 3.05) is 0 Å². The van der Waals surface area contributed by atoms with Gasteiger partial charge in [0.25, 0.3) is 20.2 Å². The van der Waals surface area contributed by atoms with E-state index in [9.17, 15) is 16.8 Å². The predicted octanol–water partition coefficient (Wildman–Crippen LogP) is 2.69. The number of fused-ring (bicyclic) bond motifs is 1. The molecule has 0 unspecified atom stereocenters. The van der Waals surface area contributed by atoms with Crippen molar-refractivity contribution in [1.82, 2.24) is 0 Å². The second-order valence-corrected chi connectivity index (χ2v) is 8.86. The number of rotatable bonds is 6. The van der Waals surface area contributed by atoms with Gasteiger partial charge in [-0.2, -0.15) is 16.8 Å². The third-order valence-corrected chi connectivity index (χ3v) is 6.23. The van der Waals surface area contributed by atoms with Gasteiger partial charge in [-0.15, -0.1) is 0 Å². The van der Waals surface area contributed by atoms with Gasteiger partial charge < -0.3 is 0 Å². The fourth-order valence-corrected chi connectivity index (χ4v) is 5.45. The third-order valence-electron chi connectivity index (χ3n) is 3.00. The van der Waals surface area contributed by atoms with Crippen LogP contribution in [0.1, 0.15) is 27.7 Å². The molecule has 0 saturated heterocycles. The Morgan fingerprint density at radius 3 is 1.84 bits per heavy atom. The molecule has 2 aromatic carbocycles. The van der Waals surface area contributed by atoms with Crippen LogP contribution in [0.5, 0.6) is 0 Å². The smallest absolute Gasteiger partial charge is 0.264 e. The molecule has 1 radical (unpaired) electrons. The van der Waals surface area contributed by atoms with Crippen molar-refractivity contribution in [1.29, 1.82) is 0 Å². The fraction of sp³-hybridized carbons (Fsp3) is 0.375. The zero-order valence-electron chi connectivity index (χ0n) is 14.9. The predicted molar refractivity (Wildman–Crippen MR) is 96.5 cm³/mol. The third kappa shape index (κ3) is 5.26. The second-order valence-electron chi connectivity index (χ2n) is 5.81. The average molecular weight is 395 g/mol. The molecule has 0 spiro atoms. The Bertz CT molecular complexity index is 950. The Labute approximate surface area is 171 Å². The molecular formula is C16H20NaO6S2. The van der Waals surface area contributed by atoms with E-state index < -0.39 is 42.2 Å². The minimum Gasteiger partial charge on any atom is -0.264 e. The molecule has 0 aromatic heterocycles. The first-order valence-electron chi connectivity index (χ1n) is 7.43. The van der Waals surface area contributed by atoms with Crippen LogP contribution in [0, 0.1) is 0 Å². The molecule has 0 aliphatic heterocycles. The molecule has 25 heavy (non-hydrogen) atoms. The van der Waals surface area contributed by atoms with Crippen molar-refractivity contribution in [3.63, 3.8) is 0 Å². The van der Waals surface area contributed by atoms with E-state index in [4.69, 9.17) is 8.37 Å². The Morgan fingerprint density at radius 2 is 1.28 bits per heavy atom. The van der Waals surface area contributed by atoms with Crippen LogP contribution in [-0.4, -0.2) is 58.6 Å². The Kier molecular flexibility index (Phi) is 7.65. The SMILES string of the molecule is CC(C)OS(=O)(=O)c1ccc2ccccc2c1S(=O)(=O)OC(C)C.[Na]. The standard InChI is InChI=1S/C16H20O6S2.Na/c1-11(2)21-23(17,18)15-10-9-13-7-5-6-8-14(13)16(15)24(19,20)22-12(3)4;/h5-12H,1-4H3;. The van der Waals surface area contributed by atoms with E-state index in [2.05, 4.69) is 0 Å². The van der Waals surface area contributed by atoms with Crippen molar-refractivity contribution in [2.45, 2.75) is 49.7 Å². The van der Waals surface area contributed by atoms with Gasteiger partial charge in [0.05, 0.1) is 12.2 Å². The van der Waals surface area contributed by atoms with Crippen LogP contribution in [0.4, 0.5) is 0 Å². The molecule has 0 bridgehead atoms. The van der Waals surface area contributed by atoms with E-state index in [0.717, 1.165) is 0 Å². The molecule has 0 saturated carbocycles. The molecule has 0 atom stereocenters. The fourth-order valence-electron chi connectivity index (χ4n) is 2.28. The summed E-state index contributed by atoms with van der Waals surface area (Å²) in [5.41, 5.74) is 0. The molecule has 6 nitrogen and oxygen atoms in total. The number of hydrogen-bond acceptors (Lipinski definition) is 6. The topological polar surface area (TPSA) is 86.7 Å². The summed E-state index contributed by atoms with van der Waals surface area (Å²) in [4.78, 5) is -0.814. The van der Waals surface area contributed by atoms with E-state index in [0.29, 0.717) is 5.39 Å². The van der Waals surface area contributed by atoms with Crippen molar-refractivity contribution in [2.24, 2.45) is 0 Å². The maximum absolute atomic E-state index is 12.7.